The SMILES string of the molecule is CN(Cc1cccc(-c2ccc(C[C@H](Nc3ccccc3C(=O)c3ccccc3)C(=O)O)cc2)c1)C(=O)CCC(=O)NN. The predicted octanol–water partition coefficient (Wildman–Crippen LogP) is 4.42. The Labute approximate surface area is 250 Å². The second-order valence-corrected chi connectivity index (χ2v) is 10.2. The van der Waals surface area contributed by atoms with Gasteiger partial charge in [0.15, 0.2) is 5.78 Å². The molecule has 4 aromatic carbocycles. The number of rotatable bonds is 13. The Hall–Kier alpha value is -5.28. The number of carboxylic acid groups (broad SMARTS) is 1. The maximum absolute atomic E-state index is 13.1. The second kappa shape index (κ2) is 14.6. The number of amides is 2. The molecule has 4 aromatic rings. The van der Waals surface area contributed by atoms with Crippen LogP contribution in [0.15, 0.2) is 103 Å². The minimum atomic E-state index is -1.03. The summed E-state index contributed by atoms with van der Waals surface area (Å²) >= 11 is 0. The summed E-state index contributed by atoms with van der Waals surface area (Å²) < 4.78 is 0. The van der Waals surface area contributed by atoms with Gasteiger partial charge in [0.2, 0.25) is 11.8 Å². The molecule has 0 aliphatic heterocycles. The summed E-state index contributed by atoms with van der Waals surface area (Å²) in [6, 6.07) is 30.3. The molecule has 0 unspecified atom stereocenters. The van der Waals surface area contributed by atoms with Gasteiger partial charge in [-0.05, 0) is 40.5 Å². The zero-order chi connectivity index (χ0) is 30.8. The maximum Gasteiger partial charge on any atom is 0.326 e. The molecule has 0 heterocycles. The number of hydrogen-bond acceptors (Lipinski definition) is 6. The van der Waals surface area contributed by atoms with Crippen LogP contribution in [0.2, 0.25) is 0 Å². The van der Waals surface area contributed by atoms with Crippen molar-refractivity contribution in [2.24, 2.45) is 5.84 Å². The molecule has 0 saturated heterocycles. The van der Waals surface area contributed by atoms with E-state index < -0.39 is 12.0 Å². The number of ketones is 1. The highest BCUT2D eigenvalue weighted by Crippen LogP contribution is 2.24. The van der Waals surface area contributed by atoms with Crippen molar-refractivity contribution in [2.45, 2.75) is 31.8 Å². The molecule has 0 aliphatic rings. The highest BCUT2D eigenvalue weighted by molar-refractivity contribution is 6.12. The quantitative estimate of drug-likeness (QED) is 0.0796. The van der Waals surface area contributed by atoms with Crippen molar-refractivity contribution in [1.82, 2.24) is 10.3 Å². The number of anilines is 1. The van der Waals surface area contributed by atoms with E-state index in [-0.39, 0.29) is 36.9 Å². The molecule has 43 heavy (non-hydrogen) atoms. The highest BCUT2D eigenvalue weighted by atomic mass is 16.4. The lowest BCUT2D eigenvalue weighted by Gasteiger charge is -2.19. The van der Waals surface area contributed by atoms with Crippen molar-refractivity contribution in [3.8, 4) is 11.1 Å². The van der Waals surface area contributed by atoms with Crippen LogP contribution in [-0.2, 0) is 27.3 Å². The Kier molecular flexibility index (Phi) is 10.4. The summed E-state index contributed by atoms with van der Waals surface area (Å²) in [5.41, 5.74) is 7.06. The van der Waals surface area contributed by atoms with E-state index >= 15 is 0 Å². The number of benzene rings is 4. The van der Waals surface area contributed by atoms with Crippen molar-refractivity contribution in [3.05, 3.63) is 125 Å². The molecule has 0 radical (unpaired) electrons. The van der Waals surface area contributed by atoms with Crippen molar-refractivity contribution in [2.75, 3.05) is 12.4 Å². The molecular formula is C34H34N4O5. The first-order valence-electron chi connectivity index (χ1n) is 13.8. The van der Waals surface area contributed by atoms with Crippen LogP contribution in [0.5, 0.6) is 0 Å². The maximum atomic E-state index is 13.1. The van der Waals surface area contributed by atoms with Gasteiger partial charge >= 0.3 is 5.97 Å². The summed E-state index contributed by atoms with van der Waals surface area (Å²) in [6.45, 7) is 0.384. The number of nitrogens with two attached hydrogens (primary N) is 1. The normalized spacial score (nSPS) is 11.3. The smallest absolute Gasteiger partial charge is 0.326 e. The third kappa shape index (κ3) is 8.37. The summed E-state index contributed by atoms with van der Waals surface area (Å²) in [5, 5.41) is 13.1. The molecule has 9 heteroatoms. The molecule has 1 atom stereocenters. The van der Waals surface area contributed by atoms with Crippen LogP contribution in [0.4, 0.5) is 5.69 Å². The Balaban J connectivity index is 1.43. The van der Waals surface area contributed by atoms with Gasteiger partial charge < -0.3 is 15.3 Å². The fourth-order valence-corrected chi connectivity index (χ4v) is 4.70. The summed E-state index contributed by atoms with van der Waals surface area (Å²) in [4.78, 5) is 50.6. The van der Waals surface area contributed by atoms with Gasteiger partial charge in [-0.3, -0.25) is 19.8 Å². The van der Waals surface area contributed by atoms with Crippen molar-refractivity contribution in [3.63, 3.8) is 0 Å². The van der Waals surface area contributed by atoms with Gasteiger partial charge in [-0.2, -0.15) is 0 Å². The van der Waals surface area contributed by atoms with E-state index in [0.717, 1.165) is 22.3 Å². The fourth-order valence-electron chi connectivity index (χ4n) is 4.70. The molecule has 0 aromatic heterocycles. The van der Waals surface area contributed by atoms with E-state index in [4.69, 9.17) is 5.84 Å². The average molecular weight is 579 g/mol. The molecule has 4 rings (SSSR count). The van der Waals surface area contributed by atoms with Gasteiger partial charge in [-0.15, -0.1) is 0 Å². The van der Waals surface area contributed by atoms with Gasteiger partial charge in [-0.1, -0.05) is 84.9 Å². The van der Waals surface area contributed by atoms with Gasteiger partial charge in [0.1, 0.15) is 6.04 Å². The average Bonchev–Trinajstić information content (AvgIpc) is 3.03. The van der Waals surface area contributed by atoms with Crippen molar-refractivity contribution < 1.29 is 24.3 Å². The standard InChI is InChI=1S/C34H34N4O5/c1-38(32(40)19-18-31(39)37-35)22-24-8-7-11-27(20-24)25-16-14-23(15-17-25)21-30(34(42)43)36-29-13-6-5-12-28(29)33(41)26-9-3-2-4-10-26/h2-17,20,30,36H,18-19,21-22,35H2,1H3,(H,37,39)(H,42,43)/t30-/m0/s1. The number of hydrogen-bond donors (Lipinski definition) is 4. The van der Waals surface area contributed by atoms with Crippen LogP contribution in [0.25, 0.3) is 11.1 Å². The van der Waals surface area contributed by atoms with Crippen molar-refractivity contribution in [1.29, 1.82) is 0 Å². The van der Waals surface area contributed by atoms with Crippen molar-refractivity contribution >= 4 is 29.3 Å². The lowest BCUT2D eigenvalue weighted by atomic mass is 9.98. The largest absolute Gasteiger partial charge is 0.480 e. The number of hydrazine groups is 1. The van der Waals surface area contributed by atoms with Crippen LogP contribution in [-0.4, -0.2) is 46.7 Å². The number of nitrogens with zero attached hydrogens (tertiary/aromatic N) is 1. The van der Waals surface area contributed by atoms with E-state index in [2.05, 4.69) is 5.32 Å². The number of aliphatic carboxylic acids is 1. The van der Waals surface area contributed by atoms with Crippen LogP contribution in [0.1, 0.15) is 39.9 Å². The molecule has 0 saturated carbocycles. The van der Waals surface area contributed by atoms with Gasteiger partial charge in [0.25, 0.3) is 0 Å². The van der Waals surface area contributed by atoms with E-state index in [1.165, 1.54) is 0 Å². The van der Waals surface area contributed by atoms with Gasteiger partial charge in [0, 0.05) is 49.7 Å². The lowest BCUT2D eigenvalue weighted by Crippen LogP contribution is -2.32. The summed E-state index contributed by atoms with van der Waals surface area (Å²) in [5.74, 6) is 3.31. The molecule has 0 spiro atoms. The number of nitrogens with one attached hydrogen (secondary N) is 2. The summed E-state index contributed by atoms with van der Waals surface area (Å²) in [6.07, 6.45) is 0.309. The first-order valence-corrected chi connectivity index (χ1v) is 13.8. The molecule has 5 N–H and O–H groups in total. The first-order chi connectivity index (χ1) is 20.7. The Morgan fingerprint density at radius 3 is 2.19 bits per heavy atom. The molecule has 220 valence electrons. The lowest BCUT2D eigenvalue weighted by molar-refractivity contribution is -0.138. The fraction of sp³-hybridized carbons (Fsp3) is 0.176. The molecule has 9 nitrogen and oxygen atoms in total. The third-order valence-corrected chi connectivity index (χ3v) is 7.06. The number of carboxylic acids is 1. The number of carbonyl (C=O) groups is 4. The number of carbonyl (C=O) groups excluding carboxylic acids is 3. The number of para-hydroxylation sites is 1. The second-order valence-electron chi connectivity index (χ2n) is 10.2. The van der Waals surface area contributed by atoms with Crippen LogP contribution in [0.3, 0.4) is 0 Å². The third-order valence-electron chi connectivity index (χ3n) is 7.06. The van der Waals surface area contributed by atoms with E-state index in [0.29, 0.717) is 23.4 Å². The van der Waals surface area contributed by atoms with Gasteiger partial charge in [0.05, 0.1) is 0 Å². The molecule has 0 fully saturated rings. The molecule has 0 bridgehead atoms. The minimum Gasteiger partial charge on any atom is -0.480 e. The summed E-state index contributed by atoms with van der Waals surface area (Å²) in [7, 11) is 1.69. The molecular weight excluding hydrogens is 544 g/mol. The Morgan fingerprint density at radius 2 is 1.49 bits per heavy atom. The Bertz CT molecular complexity index is 1590. The first kappa shape index (κ1) is 30.7. The van der Waals surface area contributed by atoms with E-state index in [1.807, 2.05) is 60.0 Å². The zero-order valence-electron chi connectivity index (χ0n) is 23.8. The van der Waals surface area contributed by atoms with Crippen LogP contribution in [0, 0.1) is 0 Å². The van der Waals surface area contributed by atoms with E-state index in [1.54, 1.807) is 60.5 Å². The Morgan fingerprint density at radius 1 is 0.791 bits per heavy atom. The van der Waals surface area contributed by atoms with Crippen LogP contribution < -0.4 is 16.6 Å². The molecule has 0 aliphatic carbocycles. The molecule has 2 amide bonds. The minimum absolute atomic E-state index is 0.0304. The monoisotopic (exact) mass is 578 g/mol. The highest BCUT2D eigenvalue weighted by Gasteiger charge is 2.21. The van der Waals surface area contributed by atoms with E-state index in [9.17, 15) is 24.3 Å². The predicted molar refractivity (Wildman–Crippen MR) is 165 cm³/mol. The van der Waals surface area contributed by atoms with Gasteiger partial charge in [-0.25, -0.2) is 10.6 Å². The van der Waals surface area contributed by atoms with Crippen LogP contribution >= 0.6 is 0 Å². The topological polar surface area (TPSA) is 142 Å². The zero-order valence-corrected chi connectivity index (χ0v) is 23.8.